The van der Waals surface area contributed by atoms with Gasteiger partial charge in [0, 0.05) is 29.2 Å². The largest absolute Gasteiger partial charge is 0.353 e. The summed E-state index contributed by atoms with van der Waals surface area (Å²) in [5, 5.41) is 6.40. The molecule has 2 unspecified atom stereocenters. The first-order valence-electron chi connectivity index (χ1n) is 7.02. The average Bonchev–Trinajstić information content (AvgIpc) is 2.82. The van der Waals surface area contributed by atoms with Crippen LogP contribution in [0.4, 0.5) is 0 Å². The summed E-state index contributed by atoms with van der Waals surface area (Å²) in [5.41, 5.74) is 1.19. The Balaban J connectivity index is 2.19. The summed E-state index contributed by atoms with van der Waals surface area (Å²) in [7, 11) is 0. The molecular weight excluding hydrogens is 256 g/mol. The number of amides is 1. The Morgan fingerprint density at radius 2 is 2.16 bits per heavy atom. The molecule has 19 heavy (non-hydrogen) atoms. The normalized spacial score (nSPS) is 24.0. The molecule has 0 bridgehead atoms. The summed E-state index contributed by atoms with van der Waals surface area (Å²) < 4.78 is 0. The molecule has 1 N–H and O–H groups in total. The van der Waals surface area contributed by atoms with Crippen molar-refractivity contribution in [1.82, 2.24) is 10.3 Å². The second-order valence-electron chi connectivity index (χ2n) is 6.94. The van der Waals surface area contributed by atoms with Crippen molar-refractivity contribution in [2.75, 3.05) is 0 Å². The van der Waals surface area contributed by atoms with E-state index < -0.39 is 0 Å². The lowest BCUT2D eigenvalue weighted by atomic mass is 9.91. The van der Waals surface area contributed by atoms with Crippen molar-refractivity contribution in [2.24, 2.45) is 5.92 Å². The van der Waals surface area contributed by atoms with E-state index in [1.807, 2.05) is 0 Å². The van der Waals surface area contributed by atoms with Crippen LogP contribution in [0.5, 0.6) is 0 Å². The maximum absolute atomic E-state index is 11.7. The Kier molecular flexibility index (Phi) is 4.00. The molecule has 106 valence electrons. The Morgan fingerprint density at radius 3 is 2.68 bits per heavy atom. The van der Waals surface area contributed by atoms with Crippen LogP contribution in [0, 0.1) is 5.92 Å². The summed E-state index contributed by atoms with van der Waals surface area (Å²) >= 11 is 1.72. The van der Waals surface area contributed by atoms with Crippen LogP contribution in [0.15, 0.2) is 5.38 Å². The molecule has 1 saturated heterocycles. The molecule has 2 heterocycles. The molecular formula is C15H24N2OS. The van der Waals surface area contributed by atoms with Crippen LogP contribution in [0.2, 0.25) is 0 Å². The van der Waals surface area contributed by atoms with Crippen molar-refractivity contribution in [3.8, 4) is 0 Å². The molecule has 1 fully saturated rings. The third-order valence-electron chi connectivity index (χ3n) is 3.51. The molecule has 0 aliphatic carbocycles. The highest BCUT2D eigenvalue weighted by Gasteiger charge is 2.35. The van der Waals surface area contributed by atoms with E-state index in [9.17, 15) is 4.79 Å². The van der Waals surface area contributed by atoms with Gasteiger partial charge in [0.15, 0.2) is 0 Å². The highest BCUT2D eigenvalue weighted by molar-refractivity contribution is 7.09. The van der Waals surface area contributed by atoms with Gasteiger partial charge in [-0.1, -0.05) is 34.6 Å². The first-order valence-corrected chi connectivity index (χ1v) is 7.90. The Morgan fingerprint density at radius 1 is 1.47 bits per heavy atom. The zero-order valence-corrected chi connectivity index (χ0v) is 13.3. The van der Waals surface area contributed by atoms with Gasteiger partial charge >= 0.3 is 0 Å². The first kappa shape index (κ1) is 14.5. The zero-order chi connectivity index (χ0) is 14.2. The van der Waals surface area contributed by atoms with Crippen molar-refractivity contribution in [3.05, 3.63) is 16.1 Å². The minimum atomic E-state index is 0.0898. The second-order valence-corrected chi connectivity index (χ2v) is 7.80. The number of carbonyl (C=O) groups is 1. The quantitative estimate of drug-likeness (QED) is 0.921. The van der Waals surface area contributed by atoms with Gasteiger partial charge in [0.25, 0.3) is 0 Å². The Bertz CT molecular complexity index is 459. The first-order chi connectivity index (χ1) is 8.77. The van der Waals surface area contributed by atoms with Gasteiger partial charge in [-0.25, -0.2) is 4.98 Å². The fourth-order valence-electron chi connectivity index (χ4n) is 2.55. The number of thiazole rings is 1. The summed E-state index contributed by atoms with van der Waals surface area (Å²) in [4.78, 5) is 16.5. The summed E-state index contributed by atoms with van der Waals surface area (Å²) in [6.07, 6.45) is 1.61. The number of nitrogens with zero attached hydrogens (tertiary/aromatic N) is 1. The number of rotatable bonds is 3. The highest BCUT2D eigenvalue weighted by Crippen LogP contribution is 2.35. The van der Waals surface area contributed by atoms with E-state index in [4.69, 9.17) is 4.98 Å². The van der Waals surface area contributed by atoms with Crippen molar-refractivity contribution in [2.45, 2.75) is 64.8 Å². The molecule has 2 rings (SSSR count). The smallest absolute Gasteiger partial charge is 0.220 e. The van der Waals surface area contributed by atoms with Crippen LogP contribution in [-0.2, 0) is 10.2 Å². The van der Waals surface area contributed by atoms with Gasteiger partial charge in [0.2, 0.25) is 5.91 Å². The van der Waals surface area contributed by atoms with Crippen LogP contribution >= 0.6 is 11.3 Å². The predicted octanol–water partition coefficient (Wildman–Crippen LogP) is 3.46. The SMILES string of the molecule is CC(C)CC1NC(=O)CC1c1csc(C(C)(C)C)n1. The molecule has 0 spiro atoms. The Hall–Kier alpha value is -0.900. The van der Waals surface area contributed by atoms with E-state index in [0.29, 0.717) is 12.3 Å². The number of hydrogen-bond donors (Lipinski definition) is 1. The molecule has 1 aromatic rings. The molecule has 1 aliphatic rings. The van der Waals surface area contributed by atoms with E-state index in [2.05, 4.69) is 45.3 Å². The minimum Gasteiger partial charge on any atom is -0.353 e. The standard InChI is InChI=1S/C15H24N2OS/c1-9(2)6-11-10(7-13(18)16-11)12-8-19-14(17-12)15(3,4)5/h8-11H,6-7H2,1-5H3,(H,16,18). The van der Waals surface area contributed by atoms with Gasteiger partial charge in [0.05, 0.1) is 10.7 Å². The minimum absolute atomic E-state index is 0.0898. The van der Waals surface area contributed by atoms with Crippen molar-refractivity contribution >= 4 is 17.2 Å². The molecule has 3 nitrogen and oxygen atoms in total. The van der Waals surface area contributed by atoms with Crippen LogP contribution < -0.4 is 5.32 Å². The predicted molar refractivity (Wildman–Crippen MR) is 79.6 cm³/mol. The van der Waals surface area contributed by atoms with E-state index in [-0.39, 0.29) is 23.3 Å². The van der Waals surface area contributed by atoms with E-state index in [1.54, 1.807) is 11.3 Å². The third-order valence-corrected chi connectivity index (χ3v) is 4.79. The van der Waals surface area contributed by atoms with Gasteiger partial charge in [-0.2, -0.15) is 0 Å². The molecule has 0 radical (unpaired) electrons. The molecule has 1 aromatic heterocycles. The number of hydrogen-bond acceptors (Lipinski definition) is 3. The molecule has 4 heteroatoms. The number of nitrogens with one attached hydrogen (secondary N) is 1. The maximum Gasteiger partial charge on any atom is 0.220 e. The maximum atomic E-state index is 11.7. The summed E-state index contributed by atoms with van der Waals surface area (Å²) in [6.45, 7) is 10.9. The third kappa shape index (κ3) is 3.35. The van der Waals surface area contributed by atoms with E-state index in [0.717, 1.165) is 17.1 Å². The number of carbonyl (C=O) groups excluding carboxylic acids is 1. The van der Waals surface area contributed by atoms with Crippen molar-refractivity contribution in [1.29, 1.82) is 0 Å². The molecule has 0 aromatic carbocycles. The second kappa shape index (κ2) is 5.23. The lowest BCUT2D eigenvalue weighted by Crippen LogP contribution is -2.29. The Labute approximate surface area is 119 Å². The monoisotopic (exact) mass is 280 g/mol. The van der Waals surface area contributed by atoms with Crippen LogP contribution in [0.25, 0.3) is 0 Å². The van der Waals surface area contributed by atoms with Gasteiger partial charge in [-0.3, -0.25) is 4.79 Å². The molecule has 1 aliphatic heterocycles. The van der Waals surface area contributed by atoms with E-state index >= 15 is 0 Å². The van der Waals surface area contributed by atoms with Gasteiger partial charge in [0.1, 0.15) is 0 Å². The van der Waals surface area contributed by atoms with Gasteiger partial charge in [-0.15, -0.1) is 11.3 Å². The van der Waals surface area contributed by atoms with Crippen LogP contribution in [-0.4, -0.2) is 16.9 Å². The van der Waals surface area contributed by atoms with Gasteiger partial charge < -0.3 is 5.32 Å². The molecule has 1 amide bonds. The lowest BCUT2D eigenvalue weighted by Gasteiger charge is -2.19. The van der Waals surface area contributed by atoms with Crippen LogP contribution in [0.1, 0.15) is 64.1 Å². The molecule has 0 saturated carbocycles. The zero-order valence-electron chi connectivity index (χ0n) is 12.5. The number of aromatic nitrogens is 1. The summed E-state index contributed by atoms with van der Waals surface area (Å²) in [5.74, 6) is 1.01. The lowest BCUT2D eigenvalue weighted by molar-refractivity contribution is -0.119. The van der Waals surface area contributed by atoms with E-state index in [1.165, 1.54) is 0 Å². The fraction of sp³-hybridized carbons (Fsp3) is 0.733. The van der Waals surface area contributed by atoms with Gasteiger partial charge in [-0.05, 0) is 12.3 Å². The van der Waals surface area contributed by atoms with Crippen LogP contribution in [0.3, 0.4) is 0 Å². The topological polar surface area (TPSA) is 42.0 Å². The van der Waals surface area contributed by atoms with Crippen molar-refractivity contribution < 1.29 is 4.79 Å². The average molecular weight is 280 g/mol. The summed E-state index contributed by atoms with van der Waals surface area (Å²) in [6, 6.07) is 0.252. The fourth-order valence-corrected chi connectivity index (χ4v) is 3.52. The molecule has 2 atom stereocenters. The highest BCUT2D eigenvalue weighted by atomic mass is 32.1. The van der Waals surface area contributed by atoms with Crippen molar-refractivity contribution in [3.63, 3.8) is 0 Å².